The highest BCUT2D eigenvalue weighted by atomic mass is 16.8. The molecule has 386 valence electrons. The van der Waals surface area contributed by atoms with Gasteiger partial charge in [-0.3, -0.25) is 34.1 Å². The van der Waals surface area contributed by atoms with Gasteiger partial charge in [-0.25, -0.2) is 4.84 Å². The topological polar surface area (TPSA) is 171 Å². The van der Waals surface area contributed by atoms with Crippen LogP contribution in [0.15, 0.2) is 72.9 Å². The summed E-state index contributed by atoms with van der Waals surface area (Å²) in [7, 11) is 5.02. The molecule has 6 bridgehead atoms. The first kappa shape index (κ1) is 52.3. The average Bonchev–Trinajstić information content (AvgIpc) is 3.98. The minimum Gasteiger partial charge on any atom is -0.379 e. The number of pyridine rings is 1. The Morgan fingerprint density at radius 3 is 2.54 bits per heavy atom. The Kier molecular flexibility index (Phi) is 16.3. The van der Waals surface area contributed by atoms with Crippen LogP contribution in [0.2, 0.25) is 0 Å². The van der Waals surface area contributed by atoms with Crippen molar-refractivity contribution < 1.29 is 38.4 Å². The number of aryl methyl sites for hydroxylation is 1. The van der Waals surface area contributed by atoms with E-state index < -0.39 is 41.4 Å². The van der Waals surface area contributed by atoms with Crippen LogP contribution in [0.3, 0.4) is 0 Å². The fourth-order valence-corrected chi connectivity index (χ4v) is 10.9. The number of likely N-dealkylation sites (N-methyl/N-ethyl adjacent to an activating group) is 1. The molecular formula is C55H74N9O8+. The van der Waals surface area contributed by atoms with Gasteiger partial charge in [0.1, 0.15) is 12.1 Å². The Balaban J connectivity index is 1.09. The minimum atomic E-state index is -1.07. The summed E-state index contributed by atoms with van der Waals surface area (Å²) in [6.45, 7) is 16.2. The molecule has 4 aliphatic rings. The normalized spacial score (nSPS) is 21.9. The number of hydrogen-bond acceptors (Lipinski definition) is 11. The van der Waals surface area contributed by atoms with E-state index in [4.69, 9.17) is 19.3 Å². The number of ether oxygens (including phenoxy) is 2. The molecule has 4 amide bonds. The van der Waals surface area contributed by atoms with Crippen LogP contribution in [-0.4, -0.2) is 149 Å². The number of amides is 4. The van der Waals surface area contributed by atoms with E-state index in [0.717, 1.165) is 63.2 Å². The molecule has 0 aliphatic carbocycles. The summed E-state index contributed by atoms with van der Waals surface area (Å²) in [5.41, 5.74) is 10.4. The predicted molar refractivity (Wildman–Crippen MR) is 275 cm³/mol. The SMILES string of the molecule is CCn1c(-c2cccnc2[C@H](C)OC)c2c3cc(ccc31)-c1cccc(c1)C[C@H](NC(=O)[C@H](C(C)C)N(C)C(=O)[C@H]1CCN(C(=O)/C=C/CN3CC(OC)C3)C1)C(=O)N1CCC[C@H](N1)[N+](=O)OCC(C)(C)C2. The molecule has 2 N–H and O–H groups in total. The average molecular weight is 989 g/mol. The number of methoxy groups -OCH3 is 2. The summed E-state index contributed by atoms with van der Waals surface area (Å²) < 4.78 is 13.5. The molecule has 72 heavy (non-hydrogen) atoms. The van der Waals surface area contributed by atoms with Gasteiger partial charge in [0.2, 0.25) is 22.6 Å². The summed E-state index contributed by atoms with van der Waals surface area (Å²) in [6, 6.07) is 16.6. The second kappa shape index (κ2) is 22.4. The highest BCUT2D eigenvalue weighted by Crippen LogP contribution is 2.42. The van der Waals surface area contributed by atoms with E-state index in [1.165, 1.54) is 9.91 Å². The molecule has 0 saturated carbocycles. The van der Waals surface area contributed by atoms with Crippen LogP contribution in [0.4, 0.5) is 0 Å². The molecule has 3 fully saturated rings. The largest absolute Gasteiger partial charge is 0.379 e. The third-order valence-electron chi connectivity index (χ3n) is 14.9. The fourth-order valence-electron chi connectivity index (χ4n) is 10.9. The number of hydrazine groups is 1. The molecule has 4 aromatic rings. The summed E-state index contributed by atoms with van der Waals surface area (Å²) >= 11 is 0. The molecule has 8 rings (SSSR count). The number of likely N-dealkylation sites (tertiary alicyclic amines) is 2. The summed E-state index contributed by atoms with van der Waals surface area (Å²) in [4.78, 5) is 87.5. The Labute approximate surface area is 423 Å². The molecule has 0 radical (unpaired) electrons. The van der Waals surface area contributed by atoms with Gasteiger partial charge in [0, 0.05) is 114 Å². The van der Waals surface area contributed by atoms with E-state index >= 15 is 0 Å². The van der Waals surface area contributed by atoms with Crippen molar-refractivity contribution >= 4 is 34.5 Å². The maximum absolute atomic E-state index is 14.8. The van der Waals surface area contributed by atoms with E-state index in [-0.39, 0.29) is 49.5 Å². The van der Waals surface area contributed by atoms with Gasteiger partial charge in [0.15, 0.2) is 6.61 Å². The molecule has 4 aliphatic heterocycles. The number of nitrogens with one attached hydrogen (secondary N) is 2. The lowest BCUT2D eigenvalue weighted by atomic mass is 9.84. The van der Waals surface area contributed by atoms with Crippen LogP contribution in [0.5, 0.6) is 0 Å². The first-order valence-electron chi connectivity index (χ1n) is 25.7. The van der Waals surface area contributed by atoms with Gasteiger partial charge in [-0.1, -0.05) is 64.1 Å². The fraction of sp³-hybridized carbons (Fsp3) is 0.545. The molecular weight excluding hydrogens is 915 g/mol. The van der Waals surface area contributed by atoms with E-state index in [1.807, 2.05) is 45.0 Å². The van der Waals surface area contributed by atoms with Crippen LogP contribution >= 0.6 is 0 Å². The van der Waals surface area contributed by atoms with Crippen molar-refractivity contribution in [3.63, 3.8) is 0 Å². The smallest absolute Gasteiger partial charge is 0.326 e. The number of nitrogens with zero attached hydrogens (tertiary/aromatic N) is 7. The number of rotatable bonds is 13. The predicted octanol–water partition coefficient (Wildman–Crippen LogP) is 6.09. The second-order valence-electron chi connectivity index (χ2n) is 21.1. The molecule has 0 spiro atoms. The molecule has 6 heterocycles. The quantitative estimate of drug-likeness (QED) is 0.149. The molecule has 2 aromatic heterocycles. The summed E-state index contributed by atoms with van der Waals surface area (Å²) in [6.07, 6.45) is 6.47. The minimum absolute atomic E-state index is 0.0968. The summed E-state index contributed by atoms with van der Waals surface area (Å²) in [5, 5.41) is 5.58. The van der Waals surface area contributed by atoms with Crippen LogP contribution in [0, 0.1) is 22.2 Å². The zero-order valence-electron chi connectivity index (χ0n) is 43.6. The maximum atomic E-state index is 14.8. The van der Waals surface area contributed by atoms with E-state index in [2.05, 4.69) is 77.4 Å². The Bertz CT molecular complexity index is 2680. The molecule has 5 atom stereocenters. The standard InChI is InChI=1S/C55H73N9O8/c1-10-62-46-21-20-39-29-43(46)44(51(62)42-17-12-23-56-49(42)36(4)70-8)30-55(5,6)34-72-64(69)47-18-13-25-63(58-47)54(68)45(28-37-15-11-16-38(39)27-37)57-52(66)50(35(2)3)59(7)53(67)40-22-26-61(31-40)48(65)19-14-24-60-32-41(33-60)71-9/h11-12,14-17,19-21,23,27,29,35-36,40-41,45,47,50,58H,10,13,18,22,24-26,28,30-34H2,1-9H3/p+1/b19-14+/t36-,40-,45-,47+,50-/m0/s1. The summed E-state index contributed by atoms with van der Waals surface area (Å²) in [5.74, 6) is -2.05. The van der Waals surface area contributed by atoms with Gasteiger partial charge in [0.25, 0.3) is 5.91 Å². The zero-order valence-corrected chi connectivity index (χ0v) is 43.6. The van der Waals surface area contributed by atoms with Crippen LogP contribution < -0.4 is 10.7 Å². The van der Waals surface area contributed by atoms with E-state index in [9.17, 15) is 24.1 Å². The zero-order chi connectivity index (χ0) is 51.4. The van der Waals surface area contributed by atoms with Crippen LogP contribution in [-0.2, 0) is 52.9 Å². The van der Waals surface area contributed by atoms with Crippen molar-refractivity contribution in [3.05, 3.63) is 94.7 Å². The molecule has 17 nitrogen and oxygen atoms in total. The Morgan fingerprint density at radius 1 is 1.03 bits per heavy atom. The van der Waals surface area contributed by atoms with Gasteiger partial charge >= 0.3 is 6.17 Å². The van der Waals surface area contributed by atoms with Crippen molar-refractivity contribution in [2.45, 2.75) is 111 Å². The van der Waals surface area contributed by atoms with Gasteiger partial charge in [-0.2, -0.15) is 5.43 Å². The third kappa shape index (κ3) is 11.3. The van der Waals surface area contributed by atoms with Crippen molar-refractivity contribution in [1.29, 1.82) is 0 Å². The number of benzene rings is 2. The lowest BCUT2D eigenvalue weighted by Crippen LogP contribution is -2.62. The van der Waals surface area contributed by atoms with Crippen molar-refractivity contribution in [2.24, 2.45) is 17.3 Å². The molecule has 17 heteroatoms. The Morgan fingerprint density at radius 2 is 1.81 bits per heavy atom. The lowest BCUT2D eigenvalue weighted by molar-refractivity contribution is -0.835. The maximum Gasteiger partial charge on any atom is 0.326 e. The molecule has 3 saturated heterocycles. The van der Waals surface area contributed by atoms with Gasteiger partial charge < -0.3 is 29.2 Å². The highest BCUT2D eigenvalue weighted by molar-refractivity contribution is 5.96. The molecule has 0 unspecified atom stereocenters. The number of fused-ring (bicyclic) bond motifs is 6. The van der Waals surface area contributed by atoms with Crippen molar-refractivity contribution in [3.8, 4) is 22.4 Å². The van der Waals surface area contributed by atoms with Crippen molar-refractivity contribution in [1.82, 2.24) is 40.0 Å². The lowest BCUT2D eigenvalue weighted by Gasteiger charge is -2.37. The number of aromatic nitrogens is 2. The highest BCUT2D eigenvalue weighted by Gasteiger charge is 2.42. The second-order valence-corrected chi connectivity index (χ2v) is 21.1. The van der Waals surface area contributed by atoms with Crippen LogP contribution in [0.1, 0.15) is 83.7 Å². The first-order valence-corrected chi connectivity index (χ1v) is 25.7. The third-order valence-corrected chi connectivity index (χ3v) is 14.9. The number of carbonyl (C=O) groups excluding carboxylic acids is 4. The van der Waals surface area contributed by atoms with Crippen LogP contribution in [0.25, 0.3) is 33.3 Å². The van der Waals surface area contributed by atoms with Gasteiger partial charge in [-0.15, -0.1) is 0 Å². The van der Waals surface area contributed by atoms with E-state index in [0.29, 0.717) is 56.8 Å². The van der Waals surface area contributed by atoms with Gasteiger partial charge in [-0.05, 0) is 85.5 Å². The Hall–Kier alpha value is -6.01. The number of carbonyl (C=O) groups is 4. The van der Waals surface area contributed by atoms with Crippen molar-refractivity contribution in [2.75, 3.05) is 67.1 Å². The molecule has 2 aromatic carbocycles. The number of hydrogen-bond donors (Lipinski definition) is 2. The van der Waals surface area contributed by atoms with Gasteiger partial charge in [0.05, 0.1) is 34.4 Å². The first-order chi connectivity index (χ1) is 34.5. The monoisotopic (exact) mass is 989 g/mol. The van der Waals surface area contributed by atoms with E-state index in [1.54, 1.807) is 38.4 Å².